The third kappa shape index (κ3) is 4.54. The second-order valence-electron chi connectivity index (χ2n) is 9.34. The Hall–Kier alpha value is -3.09. The van der Waals surface area contributed by atoms with E-state index in [9.17, 15) is 14.7 Å². The zero-order valence-corrected chi connectivity index (χ0v) is 20.3. The Balaban J connectivity index is 1.74. The maximum absolute atomic E-state index is 13.3. The van der Waals surface area contributed by atoms with Crippen LogP contribution >= 0.6 is 11.3 Å². The summed E-state index contributed by atoms with van der Waals surface area (Å²) in [7, 11) is 0. The fourth-order valence-electron chi connectivity index (χ4n) is 4.08. The molecule has 0 aliphatic heterocycles. The van der Waals surface area contributed by atoms with E-state index in [1.807, 2.05) is 63.2 Å². The summed E-state index contributed by atoms with van der Waals surface area (Å²) >= 11 is 1.34. The van der Waals surface area contributed by atoms with Crippen LogP contribution in [0.1, 0.15) is 65.3 Å². The number of thiophene rings is 1. The zero-order chi connectivity index (χ0) is 23.9. The van der Waals surface area contributed by atoms with Gasteiger partial charge in [-0.1, -0.05) is 44.2 Å². The minimum Gasteiger partial charge on any atom is -0.386 e. The number of carbonyl (C=O) groups is 2. The number of fused-ring (bicyclic) bond motifs is 2. The minimum atomic E-state index is -1.10. The molecule has 0 aliphatic rings. The number of para-hydroxylation sites is 1. The molecule has 1 amide bonds. The molecule has 0 unspecified atom stereocenters. The molecule has 5 nitrogen and oxygen atoms in total. The van der Waals surface area contributed by atoms with E-state index >= 15 is 0 Å². The van der Waals surface area contributed by atoms with Gasteiger partial charge in [0, 0.05) is 22.1 Å². The first-order valence-corrected chi connectivity index (χ1v) is 11.9. The lowest BCUT2D eigenvalue weighted by atomic mass is 9.94. The van der Waals surface area contributed by atoms with E-state index in [1.165, 1.54) is 11.3 Å². The number of hydrogen-bond donors (Lipinski definition) is 2. The van der Waals surface area contributed by atoms with Crippen molar-refractivity contribution in [2.45, 2.75) is 46.6 Å². The van der Waals surface area contributed by atoms with Gasteiger partial charge in [0.2, 0.25) is 0 Å². The quantitative estimate of drug-likeness (QED) is 0.323. The van der Waals surface area contributed by atoms with Crippen molar-refractivity contribution in [3.8, 4) is 0 Å². The number of nitrogens with zero attached hydrogens (tertiary/aromatic N) is 1. The summed E-state index contributed by atoms with van der Waals surface area (Å²) in [5.74, 6) is 0.458. The monoisotopic (exact) mass is 460 g/mol. The smallest absolute Gasteiger partial charge is 0.267 e. The number of anilines is 1. The third-order valence-corrected chi connectivity index (χ3v) is 7.02. The number of aryl methyl sites for hydroxylation is 1. The van der Waals surface area contributed by atoms with Crippen molar-refractivity contribution in [1.82, 2.24) is 4.98 Å². The summed E-state index contributed by atoms with van der Waals surface area (Å²) in [5.41, 5.74) is 1.80. The maximum atomic E-state index is 13.3. The van der Waals surface area contributed by atoms with Gasteiger partial charge in [-0.3, -0.25) is 9.59 Å². The van der Waals surface area contributed by atoms with Crippen LogP contribution in [0, 0.1) is 12.8 Å². The molecule has 0 spiro atoms. The molecular weight excluding hydrogens is 432 g/mol. The first-order valence-electron chi connectivity index (χ1n) is 11.1. The van der Waals surface area contributed by atoms with Gasteiger partial charge >= 0.3 is 0 Å². The molecule has 0 radical (unpaired) electrons. The summed E-state index contributed by atoms with van der Waals surface area (Å²) < 4.78 is 0.842. The third-order valence-electron chi connectivity index (χ3n) is 5.68. The molecule has 2 heterocycles. The summed E-state index contributed by atoms with van der Waals surface area (Å²) in [6.45, 7) is 9.38. The predicted molar refractivity (Wildman–Crippen MR) is 135 cm³/mol. The Kier molecular flexibility index (Phi) is 6.08. The lowest BCUT2D eigenvalue weighted by Gasteiger charge is -2.21. The molecule has 0 fully saturated rings. The molecular formula is C27H28N2O3S. The molecule has 0 bridgehead atoms. The standard InChI is InChI=1S/C27H28N2O3S/c1-15(2)13-22(30)19-11-8-10-17-16(3)24(33-25(17)19)26(31)29-23-14-20(27(4,5)32)18-9-6-7-12-21(18)28-23/h6-12,14-15,32H,13H2,1-5H3,(H,28,29,31). The highest BCUT2D eigenvalue weighted by Gasteiger charge is 2.23. The lowest BCUT2D eigenvalue weighted by Crippen LogP contribution is -2.18. The highest BCUT2D eigenvalue weighted by molar-refractivity contribution is 7.21. The fourth-order valence-corrected chi connectivity index (χ4v) is 5.31. The van der Waals surface area contributed by atoms with Crippen LogP contribution in [0.2, 0.25) is 0 Å². The van der Waals surface area contributed by atoms with Gasteiger partial charge in [0.05, 0.1) is 16.0 Å². The molecule has 0 aliphatic carbocycles. The minimum absolute atomic E-state index is 0.0924. The van der Waals surface area contributed by atoms with E-state index in [2.05, 4.69) is 10.3 Å². The molecule has 2 aromatic carbocycles. The predicted octanol–water partition coefficient (Wildman–Crippen LogP) is 6.47. The normalized spacial score (nSPS) is 12.0. The van der Waals surface area contributed by atoms with Gasteiger partial charge in [0.25, 0.3) is 5.91 Å². The molecule has 2 aromatic heterocycles. The molecule has 4 rings (SSSR count). The van der Waals surface area contributed by atoms with Crippen LogP contribution in [0.4, 0.5) is 5.82 Å². The van der Waals surface area contributed by atoms with Crippen LogP contribution in [0.5, 0.6) is 0 Å². The van der Waals surface area contributed by atoms with Gasteiger partial charge in [-0.25, -0.2) is 4.98 Å². The number of Topliss-reactive ketones (excluding diaryl/α,β-unsaturated/α-hetero) is 1. The Morgan fingerprint density at radius 2 is 1.79 bits per heavy atom. The Bertz CT molecular complexity index is 1380. The van der Waals surface area contributed by atoms with Crippen LogP contribution in [-0.2, 0) is 5.60 Å². The highest BCUT2D eigenvalue weighted by Crippen LogP contribution is 2.35. The maximum Gasteiger partial charge on any atom is 0.267 e. The van der Waals surface area contributed by atoms with Crippen molar-refractivity contribution in [2.75, 3.05) is 5.32 Å². The van der Waals surface area contributed by atoms with Gasteiger partial charge in [-0.15, -0.1) is 11.3 Å². The van der Waals surface area contributed by atoms with E-state index in [0.29, 0.717) is 33.8 Å². The van der Waals surface area contributed by atoms with E-state index < -0.39 is 5.60 Å². The van der Waals surface area contributed by atoms with E-state index in [0.717, 1.165) is 21.0 Å². The summed E-state index contributed by atoms with van der Waals surface area (Å²) in [5, 5.41) is 15.3. The largest absolute Gasteiger partial charge is 0.386 e. The van der Waals surface area contributed by atoms with Crippen molar-refractivity contribution in [3.05, 3.63) is 70.1 Å². The van der Waals surface area contributed by atoms with Crippen LogP contribution in [-0.4, -0.2) is 21.8 Å². The SMILES string of the molecule is Cc1c(C(=O)Nc2cc(C(C)(C)O)c3ccccc3n2)sc2c(C(=O)CC(C)C)cccc12. The number of benzene rings is 2. The topological polar surface area (TPSA) is 79.3 Å². The molecule has 6 heteroatoms. The van der Waals surface area contributed by atoms with Gasteiger partial charge in [0.15, 0.2) is 5.78 Å². The average Bonchev–Trinajstić information content (AvgIpc) is 3.09. The highest BCUT2D eigenvalue weighted by atomic mass is 32.1. The van der Waals surface area contributed by atoms with Gasteiger partial charge in [-0.05, 0) is 61.4 Å². The molecule has 33 heavy (non-hydrogen) atoms. The van der Waals surface area contributed by atoms with E-state index in [-0.39, 0.29) is 17.6 Å². The zero-order valence-electron chi connectivity index (χ0n) is 19.5. The van der Waals surface area contributed by atoms with Gasteiger partial charge < -0.3 is 10.4 Å². The van der Waals surface area contributed by atoms with Crippen molar-refractivity contribution in [1.29, 1.82) is 0 Å². The van der Waals surface area contributed by atoms with Crippen LogP contribution in [0.25, 0.3) is 21.0 Å². The van der Waals surface area contributed by atoms with Crippen molar-refractivity contribution >= 4 is 49.8 Å². The lowest BCUT2D eigenvalue weighted by molar-refractivity contribution is 0.0801. The Labute approximate surface area is 197 Å². The molecule has 0 saturated heterocycles. The summed E-state index contributed by atoms with van der Waals surface area (Å²) in [4.78, 5) is 31.2. The second kappa shape index (κ2) is 8.69. The fraction of sp³-hybridized carbons (Fsp3) is 0.296. The van der Waals surface area contributed by atoms with Crippen LogP contribution < -0.4 is 5.32 Å². The number of carbonyl (C=O) groups excluding carboxylic acids is 2. The number of pyridine rings is 1. The van der Waals surface area contributed by atoms with Crippen molar-refractivity contribution in [2.24, 2.45) is 5.92 Å². The molecule has 170 valence electrons. The molecule has 4 aromatic rings. The van der Waals surface area contributed by atoms with Gasteiger partial charge in [0.1, 0.15) is 5.82 Å². The van der Waals surface area contributed by atoms with Crippen molar-refractivity contribution in [3.63, 3.8) is 0 Å². The van der Waals surface area contributed by atoms with Gasteiger partial charge in [-0.2, -0.15) is 0 Å². The number of hydrogen-bond acceptors (Lipinski definition) is 5. The number of aromatic nitrogens is 1. The first kappa shape index (κ1) is 23.1. The average molecular weight is 461 g/mol. The second-order valence-corrected chi connectivity index (χ2v) is 10.4. The van der Waals surface area contributed by atoms with E-state index in [4.69, 9.17) is 0 Å². The van der Waals surface area contributed by atoms with Crippen molar-refractivity contribution < 1.29 is 14.7 Å². The molecule has 0 atom stereocenters. The molecule has 2 N–H and O–H groups in total. The number of rotatable bonds is 6. The van der Waals surface area contributed by atoms with Crippen LogP contribution in [0.3, 0.4) is 0 Å². The number of nitrogens with one attached hydrogen (secondary N) is 1. The summed E-state index contributed by atoms with van der Waals surface area (Å²) in [6, 6.07) is 14.9. The van der Waals surface area contributed by atoms with E-state index in [1.54, 1.807) is 19.9 Å². The number of amides is 1. The number of aliphatic hydroxyl groups is 1. The molecule has 0 saturated carbocycles. The summed E-state index contributed by atoms with van der Waals surface area (Å²) in [6.07, 6.45) is 0.471. The Morgan fingerprint density at radius 1 is 1.09 bits per heavy atom. The Morgan fingerprint density at radius 3 is 2.48 bits per heavy atom. The first-order chi connectivity index (χ1) is 15.6. The van der Waals surface area contributed by atoms with Crippen LogP contribution in [0.15, 0.2) is 48.5 Å². The number of ketones is 1.